The van der Waals surface area contributed by atoms with Gasteiger partial charge in [-0.25, -0.2) is 4.39 Å². The number of ether oxygens (including phenoxy) is 1. The molecular weight excluding hydrogens is 231 g/mol. The Hall–Kier alpha value is -1.13. The quantitative estimate of drug-likeness (QED) is 0.754. The Morgan fingerprint density at radius 1 is 1.50 bits per heavy atom. The van der Waals surface area contributed by atoms with Gasteiger partial charge in [-0.1, -0.05) is 6.07 Å². The SMILES string of the molecule is COc1ccc(CCNCC2CCNC2)cc1F. The highest BCUT2D eigenvalue weighted by molar-refractivity contribution is 5.29. The second kappa shape index (κ2) is 6.71. The molecule has 100 valence electrons. The standard InChI is InChI=1S/C14H21FN2O/c1-18-14-3-2-11(8-13(14)15)4-6-16-9-12-5-7-17-10-12/h2-3,8,12,16-17H,4-7,9-10H2,1H3. The van der Waals surface area contributed by atoms with Crippen molar-refractivity contribution in [3.05, 3.63) is 29.6 Å². The van der Waals surface area contributed by atoms with Crippen LogP contribution in [0.5, 0.6) is 5.75 Å². The lowest BCUT2D eigenvalue weighted by atomic mass is 10.1. The van der Waals surface area contributed by atoms with E-state index in [4.69, 9.17) is 4.74 Å². The van der Waals surface area contributed by atoms with E-state index in [1.54, 1.807) is 12.1 Å². The van der Waals surface area contributed by atoms with Crippen molar-refractivity contribution in [1.82, 2.24) is 10.6 Å². The average Bonchev–Trinajstić information content (AvgIpc) is 2.88. The number of nitrogens with one attached hydrogen (secondary N) is 2. The molecule has 1 aromatic carbocycles. The zero-order valence-electron chi connectivity index (χ0n) is 10.8. The third-order valence-corrected chi connectivity index (χ3v) is 3.40. The molecule has 2 N–H and O–H groups in total. The van der Waals surface area contributed by atoms with Crippen LogP contribution in [0.3, 0.4) is 0 Å². The lowest BCUT2D eigenvalue weighted by Crippen LogP contribution is -2.26. The van der Waals surface area contributed by atoms with Gasteiger partial charge in [0.05, 0.1) is 7.11 Å². The molecule has 1 fully saturated rings. The Balaban J connectivity index is 1.71. The minimum atomic E-state index is -0.282. The summed E-state index contributed by atoms with van der Waals surface area (Å²) in [6.45, 7) is 4.19. The van der Waals surface area contributed by atoms with Gasteiger partial charge in [-0.05, 0) is 62.6 Å². The summed E-state index contributed by atoms with van der Waals surface area (Å²) < 4.78 is 18.3. The highest BCUT2D eigenvalue weighted by atomic mass is 19.1. The summed E-state index contributed by atoms with van der Waals surface area (Å²) >= 11 is 0. The molecular formula is C14H21FN2O. The van der Waals surface area contributed by atoms with Gasteiger partial charge in [0, 0.05) is 0 Å². The third-order valence-electron chi connectivity index (χ3n) is 3.40. The lowest BCUT2D eigenvalue weighted by Gasteiger charge is -2.10. The maximum absolute atomic E-state index is 13.5. The van der Waals surface area contributed by atoms with Crippen molar-refractivity contribution < 1.29 is 9.13 Å². The minimum absolute atomic E-state index is 0.282. The van der Waals surface area contributed by atoms with Crippen molar-refractivity contribution in [1.29, 1.82) is 0 Å². The van der Waals surface area contributed by atoms with Crippen LogP contribution in [-0.4, -0.2) is 33.3 Å². The zero-order chi connectivity index (χ0) is 12.8. The first-order chi connectivity index (χ1) is 8.79. The molecule has 1 unspecified atom stereocenters. The Morgan fingerprint density at radius 3 is 3.06 bits per heavy atom. The molecule has 1 aromatic rings. The largest absolute Gasteiger partial charge is 0.494 e. The second-order valence-electron chi connectivity index (χ2n) is 4.78. The Labute approximate surface area is 108 Å². The molecule has 0 spiro atoms. The molecule has 1 aliphatic heterocycles. The van der Waals surface area contributed by atoms with Crippen molar-refractivity contribution in [3.8, 4) is 5.75 Å². The predicted octanol–water partition coefficient (Wildman–Crippen LogP) is 1.58. The molecule has 0 saturated carbocycles. The summed E-state index contributed by atoms with van der Waals surface area (Å²) in [6.07, 6.45) is 2.10. The normalized spacial score (nSPS) is 19.1. The first-order valence-electron chi connectivity index (χ1n) is 6.53. The van der Waals surface area contributed by atoms with E-state index in [0.717, 1.165) is 44.1 Å². The van der Waals surface area contributed by atoms with Gasteiger partial charge in [0.15, 0.2) is 11.6 Å². The molecule has 18 heavy (non-hydrogen) atoms. The number of hydrogen-bond acceptors (Lipinski definition) is 3. The van der Waals surface area contributed by atoms with Gasteiger partial charge >= 0.3 is 0 Å². The monoisotopic (exact) mass is 252 g/mol. The van der Waals surface area contributed by atoms with Crippen molar-refractivity contribution in [2.75, 3.05) is 33.3 Å². The fraction of sp³-hybridized carbons (Fsp3) is 0.571. The van der Waals surface area contributed by atoms with Crippen LogP contribution in [0.2, 0.25) is 0 Å². The smallest absolute Gasteiger partial charge is 0.165 e. The summed E-state index contributed by atoms with van der Waals surface area (Å²) in [7, 11) is 1.48. The third kappa shape index (κ3) is 3.68. The molecule has 0 aliphatic carbocycles. The Morgan fingerprint density at radius 2 is 2.39 bits per heavy atom. The van der Waals surface area contributed by atoms with Crippen LogP contribution < -0.4 is 15.4 Å². The van der Waals surface area contributed by atoms with Crippen LogP contribution in [-0.2, 0) is 6.42 Å². The van der Waals surface area contributed by atoms with Crippen LogP contribution in [0.25, 0.3) is 0 Å². The fourth-order valence-corrected chi connectivity index (χ4v) is 2.29. The van der Waals surface area contributed by atoms with E-state index in [9.17, 15) is 4.39 Å². The summed E-state index contributed by atoms with van der Waals surface area (Å²) in [5.41, 5.74) is 1.00. The zero-order valence-corrected chi connectivity index (χ0v) is 10.8. The lowest BCUT2D eigenvalue weighted by molar-refractivity contribution is 0.386. The number of rotatable bonds is 6. The van der Waals surface area contributed by atoms with E-state index in [2.05, 4.69) is 10.6 Å². The predicted molar refractivity (Wildman–Crippen MR) is 70.5 cm³/mol. The molecule has 0 amide bonds. The number of hydrogen-bond donors (Lipinski definition) is 2. The van der Waals surface area contributed by atoms with Crippen LogP contribution in [0.4, 0.5) is 4.39 Å². The van der Waals surface area contributed by atoms with Crippen molar-refractivity contribution in [2.24, 2.45) is 5.92 Å². The van der Waals surface area contributed by atoms with Crippen molar-refractivity contribution in [3.63, 3.8) is 0 Å². The molecule has 3 nitrogen and oxygen atoms in total. The average molecular weight is 252 g/mol. The van der Waals surface area contributed by atoms with Gasteiger partial charge < -0.3 is 15.4 Å². The van der Waals surface area contributed by atoms with Gasteiger partial charge in [0.2, 0.25) is 0 Å². The van der Waals surface area contributed by atoms with E-state index >= 15 is 0 Å². The van der Waals surface area contributed by atoms with Crippen LogP contribution in [0, 0.1) is 11.7 Å². The van der Waals surface area contributed by atoms with E-state index in [1.165, 1.54) is 13.5 Å². The van der Waals surface area contributed by atoms with E-state index in [-0.39, 0.29) is 5.82 Å². The number of benzene rings is 1. The van der Waals surface area contributed by atoms with Gasteiger partial charge in [-0.3, -0.25) is 0 Å². The summed E-state index contributed by atoms with van der Waals surface area (Å²) in [4.78, 5) is 0. The van der Waals surface area contributed by atoms with Crippen LogP contribution >= 0.6 is 0 Å². The topological polar surface area (TPSA) is 33.3 Å². The second-order valence-corrected chi connectivity index (χ2v) is 4.78. The van der Waals surface area contributed by atoms with E-state index in [1.807, 2.05) is 6.07 Å². The maximum atomic E-state index is 13.5. The minimum Gasteiger partial charge on any atom is -0.494 e. The van der Waals surface area contributed by atoms with Gasteiger partial charge in [-0.15, -0.1) is 0 Å². The molecule has 1 aliphatic rings. The van der Waals surface area contributed by atoms with Crippen molar-refractivity contribution in [2.45, 2.75) is 12.8 Å². The highest BCUT2D eigenvalue weighted by Gasteiger charge is 2.13. The molecule has 1 saturated heterocycles. The molecule has 2 rings (SSSR count). The highest BCUT2D eigenvalue weighted by Crippen LogP contribution is 2.17. The number of halogens is 1. The molecule has 0 bridgehead atoms. The summed E-state index contributed by atoms with van der Waals surface area (Å²) in [5.74, 6) is 0.774. The van der Waals surface area contributed by atoms with Gasteiger partial charge in [0.25, 0.3) is 0 Å². The van der Waals surface area contributed by atoms with Crippen molar-refractivity contribution >= 4 is 0 Å². The first kappa shape index (κ1) is 13.3. The number of methoxy groups -OCH3 is 1. The summed E-state index contributed by atoms with van der Waals surface area (Å²) in [5, 5.41) is 6.78. The van der Waals surface area contributed by atoms with Crippen LogP contribution in [0.1, 0.15) is 12.0 Å². The first-order valence-corrected chi connectivity index (χ1v) is 6.53. The van der Waals surface area contributed by atoms with E-state index in [0.29, 0.717) is 5.75 Å². The van der Waals surface area contributed by atoms with Gasteiger partial charge in [-0.2, -0.15) is 0 Å². The molecule has 0 radical (unpaired) electrons. The Kier molecular flexibility index (Phi) is 4.96. The van der Waals surface area contributed by atoms with Crippen LogP contribution in [0.15, 0.2) is 18.2 Å². The summed E-state index contributed by atoms with van der Waals surface area (Å²) in [6, 6.07) is 5.16. The Bertz CT molecular complexity index is 378. The van der Waals surface area contributed by atoms with E-state index < -0.39 is 0 Å². The molecule has 0 aromatic heterocycles. The molecule has 1 atom stereocenters. The maximum Gasteiger partial charge on any atom is 0.165 e. The van der Waals surface area contributed by atoms with Gasteiger partial charge in [0.1, 0.15) is 0 Å². The molecule has 1 heterocycles. The molecule has 4 heteroatoms. The fourth-order valence-electron chi connectivity index (χ4n) is 2.29.